The van der Waals surface area contributed by atoms with E-state index in [1.54, 1.807) is 11.8 Å². The first-order chi connectivity index (χ1) is 8.59. The van der Waals surface area contributed by atoms with Gasteiger partial charge in [0.2, 0.25) is 0 Å². The van der Waals surface area contributed by atoms with Crippen molar-refractivity contribution in [3.05, 3.63) is 11.3 Å². The first kappa shape index (κ1) is 12.9. The topological polar surface area (TPSA) is 84.2 Å². The molecule has 1 aliphatic heterocycles. The summed E-state index contributed by atoms with van der Waals surface area (Å²) in [4.78, 5) is 14.0. The molecule has 0 spiro atoms. The molecule has 1 amide bonds. The van der Waals surface area contributed by atoms with Crippen LogP contribution in [0.3, 0.4) is 0 Å². The maximum Gasteiger partial charge on any atom is 0.259 e. The molecular formula is C12H20N4O2. The molecule has 2 heterocycles. The van der Waals surface area contributed by atoms with Gasteiger partial charge >= 0.3 is 0 Å². The fraction of sp³-hybridized carbons (Fsp3) is 0.667. The van der Waals surface area contributed by atoms with Crippen molar-refractivity contribution in [1.82, 2.24) is 15.1 Å². The van der Waals surface area contributed by atoms with Gasteiger partial charge in [0.25, 0.3) is 5.91 Å². The lowest BCUT2D eigenvalue weighted by molar-refractivity contribution is 0.0497. The van der Waals surface area contributed by atoms with E-state index < -0.39 is 0 Å². The van der Waals surface area contributed by atoms with Crippen LogP contribution in [0.25, 0.3) is 0 Å². The molecule has 6 nitrogen and oxygen atoms in total. The molecule has 1 fully saturated rings. The Morgan fingerprint density at radius 1 is 1.56 bits per heavy atom. The Morgan fingerprint density at radius 2 is 2.22 bits per heavy atom. The minimum absolute atomic E-state index is 0.0646. The number of carbonyl (C=O) groups is 1. The van der Waals surface area contributed by atoms with Gasteiger partial charge in [0, 0.05) is 32.5 Å². The van der Waals surface area contributed by atoms with E-state index in [1.807, 2.05) is 7.05 Å². The number of H-pyrrole nitrogens is 1. The van der Waals surface area contributed by atoms with Crippen molar-refractivity contribution in [3.8, 4) is 0 Å². The average molecular weight is 252 g/mol. The van der Waals surface area contributed by atoms with Gasteiger partial charge in [-0.25, -0.2) is 0 Å². The van der Waals surface area contributed by atoms with Crippen LogP contribution in [-0.4, -0.2) is 47.8 Å². The quantitative estimate of drug-likeness (QED) is 0.833. The predicted molar refractivity (Wildman–Crippen MR) is 68.2 cm³/mol. The van der Waals surface area contributed by atoms with E-state index in [0.29, 0.717) is 11.5 Å². The lowest BCUT2D eigenvalue weighted by Gasteiger charge is -2.27. The van der Waals surface area contributed by atoms with Crippen LogP contribution < -0.4 is 5.73 Å². The minimum Gasteiger partial charge on any atom is -0.382 e. The van der Waals surface area contributed by atoms with Crippen LogP contribution in [0.15, 0.2) is 0 Å². The maximum atomic E-state index is 12.3. The summed E-state index contributed by atoms with van der Waals surface area (Å²) in [5.74, 6) is 0.725. The SMILES string of the molecule is Cc1[nH]nc(N)c1C(=O)N(C)CC1CCOCC1. The zero-order chi connectivity index (χ0) is 13.1. The summed E-state index contributed by atoms with van der Waals surface area (Å²) in [6.07, 6.45) is 2.02. The van der Waals surface area contributed by atoms with Crippen LogP contribution in [-0.2, 0) is 4.74 Å². The maximum absolute atomic E-state index is 12.3. The van der Waals surface area contributed by atoms with Crippen LogP contribution >= 0.6 is 0 Å². The zero-order valence-corrected chi connectivity index (χ0v) is 10.9. The van der Waals surface area contributed by atoms with Crippen molar-refractivity contribution in [1.29, 1.82) is 0 Å². The molecule has 1 aliphatic rings. The number of ether oxygens (including phenoxy) is 1. The molecular weight excluding hydrogens is 232 g/mol. The minimum atomic E-state index is -0.0646. The van der Waals surface area contributed by atoms with Gasteiger partial charge in [0.1, 0.15) is 5.56 Å². The normalized spacial score (nSPS) is 16.8. The molecule has 2 rings (SSSR count). The molecule has 18 heavy (non-hydrogen) atoms. The van der Waals surface area contributed by atoms with E-state index in [1.165, 1.54) is 0 Å². The number of nitrogen functional groups attached to an aromatic ring is 1. The summed E-state index contributed by atoms with van der Waals surface area (Å²) >= 11 is 0. The number of aromatic amines is 1. The molecule has 0 aromatic carbocycles. The van der Waals surface area contributed by atoms with E-state index in [4.69, 9.17) is 10.5 Å². The Kier molecular flexibility index (Phi) is 3.86. The third-order valence-electron chi connectivity index (χ3n) is 3.41. The van der Waals surface area contributed by atoms with Gasteiger partial charge in [0.05, 0.1) is 0 Å². The Morgan fingerprint density at radius 3 is 2.78 bits per heavy atom. The molecule has 3 N–H and O–H groups in total. The molecule has 0 saturated carbocycles. The number of aromatic nitrogens is 2. The third-order valence-corrected chi connectivity index (χ3v) is 3.41. The van der Waals surface area contributed by atoms with Gasteiger partial charge in [-0.1, -0.05) is 0 Å². The summed E-state index contributed by atoms with van der Waals surface area (Å²) in [5.41, 5.74) is 6.91. The van der Waals surface area contributed by atoms with Crippen LogP contribution in [0.2, 0.25) is 0 Å². The summed E-state index contributed by atoms with van der Waals surface area (Å²) in [7, 11) is 1.81. The number of nitrogens with zero attached hydrogens (tertiary/aromatic N) is 2. The number of anilines is 1. The summed E-state index contributed by atoms with van der Waals surface area (Å²) < 4.78 is 5.31. The highest BCUT2D eigenvalue weighted by Gasteiger charge is 2.23. The summed E-state index contributed by atoms with van der Waals surface area (Å²) in [5, 5.41) is 6.59. The largest absolute Gasteiger partial charge is 0.382 e. The molecule has 0 bridgehead atoms. The molecule has 0 atom stereocenters. The monoisotopic (exact) mass is 252 g/mol. The highest BCUT2D eigenvalue weighted by molar-refractivity contribution is 5.99. The number of nitrogens with one attached hydrogen (secondary N) is 1. The van der Waals surface area contributed by atoms with Gasteiger partial charge < -0.3 is 15.4 Å². The van der Waals surface area contributed by atoms with Crippen molar-refractivity contribution < 1.29 is 9.53 Å². The Hall–Kier alpha value is -1.56. The van der Waals surface area contributed by atoms with E-state index >= 15 is 0 Å². The van der Waals surface area contributed by atoms with Crippen LogP contribution in [0.5, 0.6) is 0 Å². The van der Waals surface area contributed by atoms with Crippen LogP contribution in [0, 0.1) is 12.8 Å². The first-order valence-electron chi connectivity index (χ1n) is 6.23. The van der Waals surface area contributed by atoms with Gasteiger partial charge in [-0.15, -0.1) is 0 Å². The number of nitrogens with two attached hydrogens (primary N) is 1. The molecule has 1 aromatic heterocycles. The Labute approximate surface area is 106 Å². The molecule has 100 valence electrons. The lowest BCUT2D eigenvalue weighted by Crippen LogP contribution is -2.34. The Balaban J connectivity index is 2.00. The van der Waals surface area contributed by atoms with Crippen molar-refractivity contribution >= 4 is 11.7 Å². The third kappa shape index (κ3) is 2.64. The van der Waals surface area contributed by atoms with E-state index in [-0.39, 0.29) is 11.7 Å². The van der Waals surface area contributed by atoms with Crippen LogP contribution in [0.4, 0.5) is 5.82 Å². The zero-order valence-electron chi connectivity index (χ0n) is 10.9. The van der Waals surface area contributed by atoms with Gasteiger partial charge in [0.15, 0.2) is 5.82 Å². The molecule has 0 radical (unpaired) electrons. The predicted octanol–water partition coefficient (Wildman–Crippen LogP) is 0.799. The number of hydrogen-bond donors (Lipinski definition) is 2. The summed E-state index contributed by atoms with van der Waals surface area (Å²) in [6, 6.07) is 0. The van der Waals surface area contributed by atoms with Crippen molar-refractivity contribution in [3.63, 3.8) is 0 Å². The number of carbonyl (C=O) groups excluding carboxylic acids is 1. The number of amides is 1. The summed E-state index contributed by atoms with van der Waals surface area (Å²) in [6.45, 7) is 4.13. The van der Waals surface area contributed by atoms with Crippen molar-refractivity contribution in [2.45, 2.75) is 19.8 Å². The van der Waals surface area contributed by atoms with Gasteiger partial charge in [-0.05, 0) is 25.7 Å². The fourth-order valence-electron chi connectivity index (χ4n) is 2.31. The number of rotatable bonds is 3. The van der Waals surface area contributed by atoms with Crippen molar-refractivity contribution in [2.24, 2.45) is 5.92 Å². The standard InChI is InChI=1S/C12H20N4O2/c1-8-10(11(13)15-14-8)12(17)16(2)7-9-3-5-18-6-4-9/h9H,3-7H2,1-2H3,(H3,13,14,15). The van der Waals surface area contributed by atoms with E-state index in [9.17, 15) is 4.79 Å². The van der Waals surface area contributed by atoms with Gasteiger partial charge in [-0.2, -0.15) is 5.10 Å². The second-order valence-electron chi connectivity index (χ2n) is 4.85. The number of hydrogen-bond acceptors (Lipinski definition) is 4. The highest BCUT2D eigenvalue weighted by Crippen LogP contribution is 2.19. The lowest BCUT2D eigenvalue weighted by atomic mass is 9.99. The average Bonchev–Trinajstić information content (AvgIpc) is 2.69. The van der Waals surface area contributed by atoms with E-state index in [2.05, 4.69) is 10.2 Å². The molecule has 1 saturated heterocycles. The second kappa shape index (κ2) is 5.39. The molecule has 0 aliphatic carbocycles. The van der Waals surface area contributed by atoms with Crippen LogP contribution in [0.1, 0.15) is 28.9 Å². The molecule has 0 unspecified atom stereocenters. The highest BCUT2D eigenvalue weighted by atomic mass is 16.5. The first-order valence-corrected chi connectivity index (χ1v) is 6.23. The van der Waals surface area contributed by atoms with E-state index in [0.717, 1.165) is 38.3 Å². The van der Waals surface area contributed by atoms with Gasteiger partial charge in [-0.3, -0.25) is 9.89 Å². The second-order valence-corrected chi connectivity index (χ2v) is 4.85. The number of aryl methyl sites for hydroxylation is 1. The Bertz CT molecular complexity index is 404. The molecule has 1 aromatic rings. The fourth-order valence-corrected chi connectivity index (χ4v) is 2.31. The smallest absolute Gasteiger partial charge is 0.259 e. The molecule has 6 heteroatoms. The van der Waals surface area contributed by atoms with Crippen molar-refractivity contribution in [2.75, 3.05) is 32.5 Å².